The monoisotopic (exact) mass is 272 g/mol. The Hall–Kier alpha value is -2.41. The Morgan fingerprint density at radius 2 is 1.57 bits per heavy atom. The van der Waals surface area contributed by atoms with Crippen LogP contribution in [0.5, 0.6) is 0 Å². The van der Waals surface area contributed by atoms with Crippen LogP contribution >= 0.6 is 0 Å². The summed E-state index contributed by atoms with van der Waals surface area (Å²) in [6.45, 7) is 2.22. The van der Waals surface area contributed by atoms with Crippen LogP contribution < -0.4 is 4.57 Å². The van der Waals surface area contributed by atoms with Gasteiger partial charge in [-0.1, -0.05) is 48.5 Å². The van der Waals surface area contributed by atoms with Gasteiger partial charge in [-0.05, 0) is 34.7 Å². The first kappa shape index (κ1) is 12.3. The van der Waals surface area contributed by atoms with E-state index in [1.54, 1.807) is 0 Å². The van der Waals surface area contributed by atoms with Crippen LogP contribution in [0.3, 0.4) is 0 Å². The molecule has 21 heavy (non-hydrogen) atoms. The Morgan fingerprint density at radius 3 is 2.43 bits per heavy atom. The van der Waals surface area contributed by atoms with Crippen molar-refractivity contribution in [3.8, 4) is 11.1 Å². The molecule has 1 atom stereocenters. The molecule has 102 valence electrons. The molecular weight excluding hydrogens is 254 g/mol. The first-order chi connectivity index (χ1) is 10.3. The van der Waals surface area contributed by atoms with E-state index in [0.29, 0.717) is 5.92 Å². The zero-order chi connectivity index (χ0) is 14.4. The summed E-state index contributed by atoms with van der Waals surface area (Å²) in [5.74, 6) is 0.337. The number of aryl methyl sites for hydroxylation is 2. The third-order valence-corrected chi connectivity index (χ3v) is 4.57. The molecule has 1 aliphatic carbocycles. The maximum Gasteiger partial charge on any atom is 0.193 e. The molecule has 1 unspecified atom stereocenters. The highest BCUT2D eigenvalue weighted by Gasteiger charge is 2.35. The van der Waals surface area contributed by atoms with Crippen molar-refractivity contribution >= 4 is 0 Å². The fraction of sp³-hybridized carbons (Fsp3) is 0.150. The van der Waals surface area contributed by atoms with Crippen molar-refractivity contribution in [1.29, 1.82) is 0 Å². The molecule has 0 spiro atoms. The van der Waals surface area contributed by atoms with Gasteiger partial charge >= 0.3 is 0 Å². The molecule has 1 aliphatic rings. The first-order valence-corrected chi connectivity index (χ1v) is 7.41. The molecule has 1 heteroatoms. The molecule has 0 bridgehead atoms. The van der Waals surface area contributed by atoms with Crippen LogP contribution in [-0.4, -0.2) is 0 Å². The van der Waals surface area contributed by atoms with Gasteiger partial charge in [0.1, 0.15) is 7.05 Å². The van der Waals surface area contributed by atoms with Gasteiger partial charge in [0.05, 0.1) is 5.92 Å². The summed E-state index contributed by atoms with van der Waals surface area (Å²) in [7, 11) is 2.13. The van der Waals surface area contributed by atoms with Gasteiger partial charge in [0, 0.05) is 12.1 Å². The Bertz CT molecular complexity index is 833. The van der Waals surface area contributed by atoms with Gasteiger partial charge in [0.25, 0.3) is 0 Å². The molecule has 2 aromatic carbocycles. The molecule has 4 rings (SSSR count). The molecule has 0 N–H and O–H groups in total. The van der Waals surface area contributed by atoms with Gasteiger partial charge in [-0.3, -0.25) is 0 Å². The van der Waals surface area contributed by atoms with Crippen LogP contribution in [0, 0.1) is 6.92 Å². The molecule has 0 saturated carbocycles. The zero-order valence-electron chi connectivity index (χ0n) is 12.4. The number of hydrogen-bond acceptors (Lipinski definition) is 0. The molecule has 0 fully saturated rings. The van der Waals surface area contributed by atoms with E-state index in [1.165, 1.54) is 33.5 Å². The number of pyridine rings is 1. The first-order valence-electron chi connectivity index (χ1n) is 7.41. The van der Waals surface area contributed by atoms with E-state index in [4.69, 9.17) is 0 Å². The van der Waals surface area contributed by atoms with Crippen molar-refractivity contribution in [2.75, 3.05) is 0 Å². The second-order valence-corrected chi connectivity index (χ2v) is 5.79. The van der Waals surface area contributed by atoms with Crippen molar-refractivity contribution in [3.63, 3.8) is 0 Å². The van der Waals surface area contributed by atoms with E-state index >= 15 is 0 Å². The van der Waals surface area contributed by atoms with Crippen molar-refractivity contribution in [2.24, 2.45) is 7.05 Å². The molecule has 0 saturated heterocycles. The number of nitrogens with zero attached hydrogens (tertiary/aromatic N) is 1. The van der Waals surface area contributed by atoms with Crippen LogP contribution in [0.2, 0.25) is 0 Å². The summed E-state index contributed by atoms with van der Waals surface area (Å²) < 4.78 is 2.24. The number of fused-ring (bicyclic) bond motifs is 3. The molecular formula is C20H18N+. The van der Waals surface area contributed by atoms with Gasteiger partial charge in [0.2, 0.25) is 0 Å². The van der Waals surface area contributed by atoms with Crippen LogP contribution in [0.4, 0.5) is 0 Å². The normalized spacial score (nSPS) is 15.6. The van der Waals surface area contributed by atoms with E-state index in [9.17, 15) is 0 Å². The van der Waals surface area contributed by atoms with Crippen molar-refractivity contribution in [3.05, 3.63) is 89.2 Å². The lowest BCUT2D eigenvalue weighted by atomic mass is 9.90. The standard InChI is InChI=1S/C20H18N/c1-14-8-7-11-16-15-9-3-4-10-17(15)20(19(14)16)18-12-5-6-13-21(18)2/h3-13,20H,1-2H3/q+1. The predicted molar refractivity (Wildman–Crippen MR) is 85.2 cm³/mol. The summed E-state index contributed by atoms with van der Waals surface area (Å²) in [5.41, 5.74) is 8.36. The Balaban J connectivity index is 2.07. The maximum absolute atomic E-state index is 2.27. The lowest BCUT2D eigenvalue weighted by Crippen LogP contribution is -2.34. The second kappa shape index (κ2) is 4.56. The fourth-order valence-corrected chi connectivity index (χ4v) is 3.59. The topological polar surface area (TPSA) is 3.88 Å². The molecule has 1 nitrogen and oxygen atoms in total. The van der Waals surface area contributed by atoms with Crippen LogP contribution in [0.25, 0.3) is 11.1 Å². The van der Waals surface area contributed by atoms with E-state index in [1.807, 2.05) is 0 Å². The van der Waals surface area contributed by atoms with Crippen LogP contribution in [-0.2, 0) is 7.05 Å². The third kappa shape index (κ3) is 1.74. The average molecular weight is 272 g/mol. The van der Waals surface area contributed by atoms with Gasteiger partial charge < -0.3 is 0 Å². The number of benzene rings is 2. The maximum atomic E-state index is 2.27. The SMILES string of the molecule is Cc1cccc2c1C(c1cccc[n+]1C)c1ccccc1-2. The minimum absolute atomic E-state index is 0.337. The van der Waals surface area contributed by atoms with E-state index < -0.39 is 0 Å². The van der Waals surface area contributed by atoms with Crippen molar-refractivity contribution < 1.29 is 4.57 Å². The molecule has 3 aromatic rings. The smallest absolute Gasteiger partial charge is 0.193 e. The highest BCUT2D eigenvalue weighted by molar-refractivity contribution is 5.81. The summed E-state index contributed by atoms with van der Waals surface area (Å²) in [6, 6.07) is 21.9. The largest absolute Gasteiger partial charge is 0.204 e. The highest BCUT2D eigenvalue weighted by atomic mass is 14.9. The van der Waals surface area contributed by atoms with E-state index in [0.717, 1.165) is 0 Å². The molecule has 0 amide bonds. The highest BCUT2D eigenvalue weighted by Crippen LogP contribution is 2.48. The molecule has 0 aliphatic heterocycles. The van der Waals surface area contributed by atoms with Gasteiger partial charge in [0.15, 0.2) is 11.9 Å². The van der Waals surface area contributed by atoms with Crippen molar-refractivity contribution in [1.82, 2.24) is 0 Å². The fourth-order valence-electron chi connectivity index (χ4n) is 3.59. The summed E-state index contributed by atoms with van der Waals surface area (Å²) in [5, 5.41) is 0. The minimum Gasteiger partial charge on any atom is -0.204 e. The lowest BCUT2D eigenvalue weighted by Gasteiger charge is -2.13. The Labute approximate surface area is 125 Å². The van der Waals surface area contributed by atoms with Gasteiger partial charge in [-0.2, -0.15) is 0 Å². The zero-order valence-corrected chi connectivity index (χ0v) is 12.4. The Morgan fingerprint density at radius 1 is 0.810 bits per heavy atom. The predicted octanol–water partition coefficient (Wildman–Crippen LogP) is 3.98. The van der Waals surface area contributed by atoms with Crippen LogP contribution in [0.1, 0.15) is 28.3 Å². The summed E-state index contributed by atoms with van der Waals surface area (Å²) in [4.78, 5) is 0. The summed E-state index contributed by atoms with van der Waals surface area (Å²) >= 11 is 0. The molecule has 1 aromatic heterocycles. The quantitative estimate of drug-likeness (QED) is 0.461. The average Bonchev–Trinajstić information content (AvgIpc) is 2.84. The number of aromatic nitrogens is 1. The Kier molecular flexibility index (Phi) is 2.68. The molecule has 1 heterocycles. The third-order valence-electron chi connectivity index (χ3n) is 4.57. The van der Waals surface area contributed by atoms with E-state index in [2.05, 4.69) is 85.4 Å². The van der Waals surface area contributed by atoms with Crippen molar-refractivity contribution in [2.45, 2.75) is 12.8 Å². The summed E-state index contributed by atoms with van der Waals surface area (Å²) in [6.07, 6.45) is 2.13. The second-order valence-electron chi connectivity index (χ2n) is 5.79. The molecule has 0 radical (unpaired) electrons. The minimum atomic E-state index is 0.337. The lowest BCUT2D eigenvalue weighted by molar-refractivity contribution is -0.679. The van der Waals surface area contributed by atoms with Crippen LogP contribution in [0.15, 0.2) is 66.9 Å². The van der Waals surface area contributed by atoms with Gasteiger partial charge in [-0.25, -0.2) is 4.57 Å². The van der Waals surface area contributed by atoms with E-state index in [-0.39, 0.29) is 0 Å². The number of hydrogen-bond donors (Lipinski definition) is 0. The number of rotatable bonds is 1. The van der Waals surface area contributed by atoms with Gasteiger partial charge in [-0.15, -0.1) is 0 Å².